The van der Waals surface area contributed by atoms with Gasteiger partial charge in [-0.2, -0.15) is 0 Å². The van der Waals surface area contributed by atoms with Crippen LogP contribution in [0.3, 0.4) is 0 Å². The van der Waals surface area contributed by atoms with Crippen molar-refractivity contribution >= 4 is 17.7 Å². The maximum Gasteiger partial charge on any atom is 0.447 e. The van der Waals surface area contributed by atoms with E-state index in [1.54, 1.807) is 12.1 Å². The molecular weight excluding hydrogens is 200 g/mol. The van der Waals surface area contributed by atoms with Gasteiger partial charge in [0.05, 0.1) is 0 Å². The minimum Gasteiger partial charge on any atom is -0.375 e. The Morgan fingerprint density at radius 1 is 1.20 bits per heavy atom. The summed E-state index contributed by atoms with van der Waals surface area (Å²) in [4.78, 5) is 28.9. The Hall–Kier alpha value is -2.24. The molecule has 1 aromatic rings. The highest BCUT2D eigenvalue weighted by atomic mass is 17.2. The standard InChI is InChI=1S/C9H10N2O4/c10-9(13)15-14-8(12)6-11-7-4-2-1-3-5-7/h1-5,11H,6H2,(H2,10,13). The Labute approximate surface area is 85.9 Å². The molecule has 0 saturated heterocycles. The van der Waals surface area contributed by atoms with Crippen LogP contribution in [-0.2, 0) is 14.6 Å². The molecule has 80 valence electrons. The highest BCUT2D eigenvalue weighted by molar-refractivity contribution is 5.75. The number of amides is 1. The van der Waals surface area contributed by atoms with E-state index in [9.17, 15) is 9.59 Å². The molecule has 0 aliphatic heterocycles. The third-order valence-electron chi connectivity index (χ3n) is 1.43. The molecule has 0 spiro atoms. The number of carbonyl (C=O) groups excluding carboxylic acids is 2. The molecule has 0 aromatic heterocycles. The fourth-order valence-corrected chi connectivity index (χ4v) is 0.847. The van der Waals surface area contributed by atoms with Crippen LogP contribution in [0.15, 0.2) is 30.3 Å². The van der Waals surface area contributed by atoms with E-state index in [-0.39, 0.29) is 6.54 Å². The quantitative estimate of drug-likeness (QED) is 0.564. The predicted molar refractivity (Wildman–Crippen MR) is 51.7 cm³/mol. The maximum atomic E-state index is 10.9. The number of para-hydroxylation sites is 1. The van der Waals surface area contributed by atoms with Crippen LogP contribution in [0, 0.1) is 0 Å². The van der Waals surface area contributed by atoms with Crippen LogP contribution in [0.4, 0.5) is 10.5 Å². The SMILES string of the molecule is NC(=O)OOC(=O)CNc1ccccc1. The number of nitrogens with two attached hydrogens (primary N) is 1. The summed E-state index contributed by atoms with van der Waals surface area (Å²) < 4.78 is 0. The zero-order valence-electron chi connectivity index (χ0n) is 7.80. The van der Waals surface area contributed by atoms with Gasteiger partial charge in [-0.25, -0.2) is 19.4 Å². The molecule has 0 radical (unpaired) electrons. The van der Waals surface area contributed by atoms with Crippen molar-refractivity contribution in [3.63, 3.8) is 0 Å². The van der Waals surface area contributed by atoms with Gasteiger partial charge in [-0.05, 0) is 12.1 Å². The van der Waals surface area contributed by atoms with Crippen LogP contribution in [-0.4, -0.2) is 18.6 Å². The number of anilines is 1. The zero-order chi connectivity index (χ0) is 11.1. The van der Waals surface area contributed by atoms with Crippen LogP contribution in [0.5, 0.6) is 0 Å². The Kier molecular flexibility index (Phi) is 3.96. The second-order valence-corrected chi connectivity index (χ2v) is 2.58. The van der Waals surface area contributed by atoms with Crippen molar-refractivity contribution in [2.75, 3.05) is 11.9 Å². The lowest BCUT2D eigenvalue weighted by Gasteiger charge is -2.04. The molecule has 0 heterocycles. The topological polar surface area (TPSA) is 90.7 Å². The number of nitrogens with one attached hydrogen (secondary N) is 1. The van der Waals surface area contributed by atoms with Crippen molar-refractivity contribution in [2.24, 2.45) is 5.73 Å². The molecule has 0 aliphatic carbocycles. The van der Waals surface area contributed by atoms with Crippen LogP contribution < -0.4 is 11.1 Å². The molecule has 1 aromatic carbocycles. The third kappa shape index (κ3) is 4.51. The maximum absolute atomic E-state index is 10.9. The fraction of sp³-hybridized carbons (Fsp3) is 0.111. The smallest absolute Gasteiger partial charge is 0.375 e. The van der Waals surface area contributed by atoms with E-state index >= 15 is 0 Å². The minimum atomic E-state index is -1.16. The highest BCUT2D eigenvalue weighted by Gasteiger charge is 2.05. The minimum absolute atomic E-state index is 0.114. The summed E-state index contributed by atoms with van der Waals surface area (Å²) in [6.45, 7) is -0.114. The van der Waals surface area contributed by atoms with E-state index < -0.39 is 12.1 Å². The Balaban J connectivity index is 2.26. The van der Waals surface area contributed by atoms with Crippen LogP contribution >= 0.6 is 0 Å². The first-order chi connectivity index (χ1) is 7.18. The Morgan fingerprint density at radius 2 is 1.87 bits per heavy atom. The second kappa shape index (κ2) is 5.48. The lowest BCUT2D eigenvalue weighted by molar-refractivity contribution is -0.228. The molecule has 3 N–H and O–H groups in total. The number of hydrogen-bond donors (Lipinski definition) is 2. The number of hydrogen-bond acceptors (Lipinski definition) is 5. The van der Waals surface area contributed by atoms with E-state index in [1.165, 1.54) is 0 Å². The molecule has 6 heteroatoms. The number of benzene rings is 1. The fourth-order valence-electron chi connectivity index (χ4n) is 0.847. The van der Waals surface area contributed by atoms with Gasteiger partial charge in [0.15, 0.2) is 0 Å². The van der Waals surface area contributed by atoms with Gasteiger partial charge >= 0.3 is 12.1 Å². The normalized spacial score (nSPS) is 9.07. The van der Waals surface area contributed by atoms with E-state index in [1.807, 2.05) is 18.2 Å². The first-order valence-corrected chi connectivity index (χ1v) is 4.14. The van der Waals surface area contributed by atoms with Crippen molar-refractivity contribution in [3.05, 3.63) is 30.3 Å². The molecular formula is C9H10N2O4. The molecule has 0 bridgehead atoms. The van der Waals surface area contributed by atoms with Gasteiger partial charge in [0.25, 0.3) is 0 Å². The molecule has 0 saturated carbocycles. The average molecular weight is 210 g/mol. The van der Waals surface area contributed by atoms with E-state index in [0.29, 0.717) is 0 Å². The Bertz CT molecular complexity index is 339. The number of primary amides is 1. The van der Waals surface area contributed by atoms with E-state index in [4.69, 9.17) is 0 Å². The number of carbonyl (C=O) groups is 2. The lowest BCUT2D eigenvalue weighted by atomic mass is 10.3. The van der Waals surface area contributed by atoms with Gasteiger partial charge in [0, 0.05) is 5.69 Å². The molecule has 0 unspecified atom stereocenters. The summed E-state index contributed by atoms with van der Waals surface area (Å²) in [5, 5.41) is 2.76. The van der Waals surface area contributed by atoms with Gasteiger partial charge in [0.2, 0.25) is 0 Å². The first-order valence-electron chi connectivity index (χ1n) is 4.14. The first kappa shape index (κ1) is 10.8. The van der Waals surface area contributed by atoms with Crippen LogP contribution in [0.25, 0.3) is 0 Å². The van der Waals surface area contributed by atoms with Gasteiger partial charge in [-0.15, -0.1) is 0 Å². The molecule has 15 heavy (non-hydrogen) atoms. The zero-order valence-corrected chi connectivity index (χ0v) is 7.80. The molecule has 0 aliphatic rings. The molecule has 0 fully saturated rings. The number of rotatable bonds is 3. The summed E-state index contributed by atoms with van der Waals surface area (Å²) in [5.74, 6) is -0.738. The Morgan fingerprint density at radius 3 is 2.47 bits per heavy atom. The molecule has 1 rings (SSSR count). The van der Waals surface area contributed by atoms with Crippen molar-refractivity contribution in [3.8, 4) is 0 Å². The van der Waals surface area contributed by atoms with Crippen molar-refractivity contribution in [2.45, 2.75) is 0 Å². The van der Waals surface area contributed by atoms with Crippen molar-refractivity contribution < 1.29 is 19.4 Å². The van der Waals surface area contributed by atoms with Crippen LogP contribution in [0.1, 0.15) is 0 Å². The van der Waals surface area contributed by atoms with E-state index in [2.05, 4.69) is 20.8 Å². The average Bonchev–Trinajstić information content (AvgIpc) is 2.25. The summed E-state index contributed by atoms with van der Waals surface area (Å²) in [7, 11) is 0. The van der Waals surface area contributed by atoms with Crippen LogP contribution in [0.2, 0.25) is 0 Å². The summed E-state index contributed by atoms with van der Waals surface area (Å²) in [6, 6.07) is 9.03. The molecule has 0 atom stereocenters. The van der Waals surface area contributed by atoms with Gasteiger partial charge < -0.3 is 11.1 Å². The highest BCUT2D eigenvalue weighted by Crippen LogP contribution is 2.03. The van der Waals surface area contributed by atoms with Gasteiger partial charge in [0.1, 0.15) is 6.54 Å². The largest absolute Gasteiger partial charge is 0.447 e. The summed E-state index contributed by atoms with van der Waals surface area (Å²) in [6.07, 6.45) is -1.16. The van der Waals surface area contributed by atoms with Crippen molar-refractivity contribution in [1.82, 2.24) is 0 Å². The monoisotopic (exact) mass is 210 g/mol. The summed E-state index contributed by atoms with van der Waals surface area (Å²) in [5.41, 5.74) is 5.35. The third-order valence-corrected chi connectivity index (χ3v) is 1.43. The molecule has 1 amide bonds. The summed E-state index contributed by atoms with van der Waals surface area (Å²) >= 11 is 0. The second-order valence-electron chi connectivity index (χ2n) is 2.58. The lowest BCUT2D eigenvalue weighted by Crippen LogP contribution is -2.21. The van der Waals surface area contributed by atoms with E-state index in [0.717, 1.165) is 5.69 Å². The van der Waals surface area contributed by atoms with Crippen molar-refractivity contribution in [1.29, 1.82) is 0 Å². The van der Waals surface area contributed by atoms with Gasteiger partial charge in [-0.3, -0.25) is 0 Å². The van der Waals surface area contributed by atoms with Gasteiger partial charge in [-0.1, -0.05) is 18.2 Å². The molecule has 6 nitrogen and oxygen atoms in total. The predicted octanol–water partition coefficient (Wildman–Crippen LogP) is 0.652.